The van der Waals surface area contributed by atoms with Crippen LogP contribution in [0.25, 0.3) is 0 Å². The van der Waals surface area contributed by atoms with Crippen LogP contribution in [0.1, 0.15) is 45.4 Å². The first-order chi connectivity index (χ1) is 6.76. The SMILES string of the molecule is CCC(CC1CC1)NC(=O)CCCO. The second-order valence-electron chi connectivity index (χ2n) is 4.18. The Bertz CT molecular complexity index is 178. The number of amides is 1. The van der Waals surface area contributed by atoms with Crippen LogP contribution in [0.2, 0.25) is 0 Å². The third-order valence-corrected chi connectivity index (χ3v) is 2.73. The highest BCUT2D eigenvalue weighted by molar-refractivity contribution is 5.76. The zero-order chi connectivity index (χ0) is 10.4. The Kier molecular flexibility index (Phi) is 4.94. The van der Waals surface area contributed by atoms with Crippen molar-refractivity contribution in [1.29, 1.82) is 0 Å². The summed E-state index contributed by atoms with van der Waals surface area (Å²) < 4.78 is 0. The number of nitrogens with one attached hydrogen (secondary N) is 1. The van der Waals surface area contributed by atoms with E-state index < -0.39 is 0 Å². The first-order valence-corrected chi connectivity index (χ1v) is 5.66. The lowest BCUT2D eigenvalue weighted by molar-refractivity contribution is -0.122. The number of hydrogen-bond donors (Lipinski definition) is 2. The summed E-state index contributed by atoms with van der Waals surface area (Å²) in [6.45, 7) is 2.21. The van der Waals surface area contributed by atoms with Gasteiger partial charge in [-0.1, -0.05) is 19.8 Å². The highest BCUT2D eigenvalue weighted by Crippen LogP contribution is 2.33. The number of aliphatic hydroxyl groups excluding tert-OH is 1. The van der Waals surface area contributed by atoms with Gasteiger partial charge >= 0.3 is 0 Å². The van der Waals surface area contributed by atoms with Crippen molar-refractivity contribution < 1.29 is 9.90 Å². The van der Waals surface area contributed by atoms with Gasteiger partial charge in [0.25, 0.3) is 0 Å². The molecular formula is C11H21NO2. The topological polar surface area (TPSA) is 49.3 Å². The molecule has 0 aromatic carbocycles. The Labute approximate surface area is 85.9 Å². The van der Waals surface area contributed by atoms with Crippen LogP contribution in [0.3, 0.4) is 0 Å². The van der Waals surface area contributed by atoms with Gasteiger partial charge in [0.05, 0.1) is 0 Å². The van der Waals surface area contributed by atoms with Gasteiger partial charge in [0, 0.05) is 19.1 Å². The number of aliphatic hydroxyl groups is 1. The molecule has 1 unspecified atom stereocenters. The molecule has 1 atom stereocenters. The summed E-state index contributed by atoms with van der Waals surface area (Å²) in [6, 6.07) is 0.355. The van der Waals surface area contributed by atoms with Crippen molar-refractivity contribution in [2.75, 3.05) is 6.61 Å². The van der Waals surface area contributed by atoms with Crippen LogP contribution in [0.4, 0.5) is 0 Å². The summed E-state index contributed by atoms with van der Waals surface area (Å²) in [6.07, 6.45) is 5.86. The smallest absolute Gasteiger partial charge is 0.220 e. The summed E-state index contributed by atoms with van der Waals surface area (Å²) in [7, 11) is 0. The molecule has 1 rings (SSSR count). The van der Waals surface area contributed by atoms with Gasteiger partial charge in [0.15, 0.2) is 0 Å². The Morgan fingerprint density at radius 3 is 2.79 bits per heavy atom. The third kappa shape index (κ3) is 4.61. The lowest BCUT2D eigenvalue weighted by Crippen LogP contribution is -2.34. The van der Waals surface area contributed by atoms with Crippen molar-refractivity contribution in [2.24, 2.45) is 5.92 Å². The zero-order valence-corrected chi connectivity index (χ0v) is 8.96. The molecule has 82 valence electrons. The molecule has 1 fully saturated rings. The molecule has 1 saturated carbocycles. The largest absolute Gasteiger partial charge is 0.396 e. The fourth-order valence-electron chi connectivity index (χ4n) is 1.62. The number of rotatable bonds is 7. The summed E-state index contributed by atoms with van der Waals surface area (Å²) >= 11 is 0. The lowest BCUT2D eigenvalue weighted by Gasteiger charge is -2.16. The second kappa shape index (κ2) is 6.02. The van der Waals surface area contributed by atoms with Crippen molar-refractivity contribution in [1.82, 2.24) is 5.32 Å². The quantitative estimate of drug-likeness (QED) is 0.652. The highest BCUT2D eigenvalue weighted by Gasteiger charge is 2.25. The predicted octanol–water partition coefficient (Wildman–Crippen LogP) is 1.45. The maximum Gasteiger partial charge on any atom is 0.220 e. The first kappa shape index (κ1) is 11.5. The van der Waals surface area contributed by atoms with Gasteiger partial charge in [-0.25, -0.2) is 0 Å². The molecule has 0 saturated heterocycles. The van der Waals surface area contributed by atoms with Crippen LogP contribution in [-0.2, 0) is 4.79 Å². The molecule has 3 nitrogen and oxygen atoms in total. The summed E-state index contributed by atoms with van der Waals surface area (Å²) in [5.41, 5.74) is 0. The van der Waals surface area contributed by atoms with Gasteiger partial charge in [-0.3, -0.25) is 4.79 Å². The maximum absolute atomic E-state index is 11.4. The van der Waals surface area contributed by atoms with Crippen molar-refractivity contribution in [3.63, 3.8) is 0 Å². The molecule has 0 aromatic rings. The van der Waals surface area contributed by atoms with Gasteiger partial charge in [-0.05, 0) is 25.2 Å². The van der Waals surface area contributed by atoms with Gasteiger partial charge in [0.2, 0.25) is 5.91 Å². The minimum Gasteiger partial charge on any atom is -0.396 e. The van der Waals surface area contributed by atoms with E-state index in [1.807, 2.05) is 0 Å². The van der Waals surface area contributed by atoms with E-state index in [4.69, 9.17) is 5.11 Å². The third-order valence-electron chi connectivity index (χ3n) is 2.73. The van der Waals surface area contributed by atoms with E-state index in [9.17, 15) is 4.79 Å². The summed E-state index contributed by atoms with van der Waals surface area (Å²) in [4.78, 5) is 11.4. The van der Waals surface area contributed by atoms with Crippen LogP contribution in [0.5, 0.6) is 0 Å². The summed E-state index contributed by atoms with van der Waals surface area (Å²) in [5.74, 6) is 0.949. The fraction of sp³-hybridized carbons (Fsp3) is 0.909. The first-order valence-electron chi connectivity index (χ1n) is 5.66. The van der Waals surface area contributed by atoms with E-state index in [1.165, 1.54) is 12.8 Å². The molecular weight excluding hydrogens is 178 g/mol. The van der Waals surface area contributed by atoms with Gasteiger partial charge in [0.1, 0.15) is 0 Å². The van der Waals surface area contributed by atoms with Crippen molar-refractivity contribution in [3.05, 3.63) is 0 Å². The van der Waals surface area contributed by atoms with E-state index >= 15 is 0 Å². The van der Waals surface area contributed by atoms with Gasteiger partial charge in [-0.15, -0.1) is 0 Å². The average molecular weight is 199 g/mol. The van der Waals surface area contributed by atoms with E-state index in [2.05, 4.69) is 12.2 Å². The number of carbonyl (C=O) groups excluding carboxylic acids is 1. The van der Waals surface area contributed by atoms with Gasteiger partial charge < -0.3 is 10.4 Å². The molecule has 0 aromatic heterocycles. The molecule has 1 amide bonds. The maximum atomic E-state index is 11.4. The molecule has 0 spiro atoms. The Morgan fingerprint density at radius 2 is 2.29 bits per heavy atom. The van der Waals surface area contributed by atoms with Crippen LogP contribution >= 0.6 is 0 Å². The Morgan fingerprint density at radius 1 is 1.57 bits per heavy atom. The zero-order valence-electron chi connectivity index (χ0n) is 8.96. The molecule has 1 aliphatic carbocycles. The number of hydrogen-bond acceptors (Lipinski definition) is 2. The van der Waals surface area contributed by atoms with E-state index in [0.29, 0.717) is 18.9 Å². The minimum atomic E-state index is 0.0894. The van der Waals surface area contributed by atoms with E-state index in [-0.39, 0.29) is 12.5 Å². The van der Waals surface area contributed by atoms with Crippen LogP contribution in [-0.4, -0.2) is 23.7 Å². The molecule has 1 aliphatic rings. The molecule has 0 bridgehead atoms. The van der Waals surface area contributed by atoms with Crippen molar-refractivity contribution >= 4 is 5.91 Å². The van der Waals surface area contributed by atoms with Crippen molar-refractivity contribution in [2.45, 2.75) is 51.5 Å². The van der Waals surface area contributed by atoms with E-state index in [0.717, 1.165) is 18.8 Å². The molecule has 0 heterocycles. The standard InChI is InChI=1S/C11H21NO2/c1-2-10(8-9-5-6-9)12-11(14)4-3-7-13/h9-10,13H,2-8H2,1H3,(H,12,14). The summed E-state index contributed by atoms with van der Waals surface area (Å²) in [5, 5.41) is 11.6. The fourth-order valence-corrected chi connectivity index (χ4v) is 1.62. The van der Waals surface area contributed by atoms with E-state index in [1.54, 1.807) is 0 Å². The normalized spacial score (nSPS) is 17.9. The van der Waals surface area contributed by atoms with Crippen LogP contribution < -0.4 is 5.32 Å². The lowest BCUT2D eigenvalue weighted by atomic mass is 10.1. The average Bonchev–Trinajstić information content (AvgIpc) is 2.97. The monoisotopic (exact) mass is 199 g/mol. The molecule has 0 radical (unpaired) electrons. The Balaban J connectivity index is 2.13. The number of carbonyl (C=O) groups is 1. The molecule has 0 aliphatic heterocycles. The highest BCUT2D eigenvalue weighted by atomic mass is 16.3. The van der Waals surface area contributed by atoms with Crippen LogP contribution in [0.15, 0.2) is 0 Å². The molecule has 2 N–H and O–H groups in total. The van der Waals surface area contributed by atoms with Gasteiger partial charge in [-0.2, -0.15) is 0 Å². The minimum absolute atomic E-state index is 0.0894. The second-order valence-corrected chi connectivity index (χ2v) is 4.18. The molecule has 14 heavy (non-hydrogen) atoms. The Hall–Kier alpha value is -0.570. The van der Waals surface area contributed by atoms with Crippen LogP contribution in [0, 0.1) is 5.92 Å². The predicted molar refractivity (Wildman–Crippen MR) is 55.9 cm³/mol. The molecule has 3 heteroatoms. The van der Waals surface area contributed by atoms with Crippen molar-refractivity contribution in [3.8, 4) is 0 Å².